The Morgan fingerprint density at radius 2 is 1.69 bits per heavy atom. The van der Waals surface area contributed by atoms with Crippen molar-refractivity contribution in [2.45, 2.75) is 0 Å². The van der Waals surface area contributed by atoms with Gasteiger partial charge in [-0.25, -0.2) is 10.2 Å². The lowest BCUT2D eigenvalue weighted by molar-refractivity contribution is -0.123. The highest BCUT2D eigenvalue weighted by atomic mass is 35.5. The Morgan fingerprint density at radius 3 is 2.49 bits per heavy atom. The average Bonchev–Trinajstić information content (AvgIpc) is 2.88. The number of hydrogen-bond acceptors (Lipinski definition) is 6. The molecule has 0 aliphatic heterocycles. The zero-order chi connectivity index (χ0) is 24.6. The summed E-state index contributed by atoms with van der Waals surface area (Å²) in [5.41, 5.74) is 3.28. The molecule has 0 atom stereocenters. The second kappa shape index (κ2) is 11.2. The molecule has 1 amide bonds. The van der Waals surface area contributed by atoms with Gasteiger partial charge in [0.25, 0.3) is 5.91 Å². The maximum absolute atomic E-state index is 12.4. The lowest BCUT2D eigenvalue weighted by Gasteiger charge is -2.10. The first-order chi connectivity index (χ1) is 17.0. The number of halogens is 1. The minimum absolute atomic E-state index is 0.185. The third-order valence-electron chi connectivity index (χ3n) is 4.98. The molecule has 0 aliphatic rings. The van der Waals surface area contributed by atoms with Gasteiger partial charge in [-0.2, -0.15) is 5.10 Å². The third kappa shape index (κ3) is 6.16. The van der Waals surface area contributed by atoms with Gasteiger partial charge in [-0.15, -0.1) is 0 Å². The number of nitrogens with one attached hydrogen (secondary N) is 1. The molecule has 4 aromatic rings. The van der Waals surface area contributed by atoms with Crippen molar-refractivity contribution in [3.05, 3.63) is 101 Å². The zero-order valence-corrected chi connectivity index (χ0v) is 19.5. The molecule has 8 heteroatoms. The van der Waals surface area contributed by atoms with E-state index < -0.39 is 11.9 Å². The van der Waals surface area contributed by atoms with Crippen LogP contribution in [0.5, 0.6) is 17.2 Å². The number of benzene rings is 4. The molecular weight excluding hydrogens is 468 g/mol. The standard InChI is InChI=1S/C27H21ClN2O5/c1-33-25-14-18(10-13-24(25)35-27(32)22-8-4-5-9-23(22)28)16-29-30-26(31)17-34-21-12-11-19-6-2-3-7-20(19)15-21/h2-16H,17H2,1H3,(H,30,31)/b29-16-. The molecule has 0 bridgehead atoms. The Balaban J connectivity index is 1.33. The van der Waals surface area contributed by atoms with Crippen LogP contribution in [0.25, 0.3) is 10.8 Å². The highest BCUT2D eigenvalue weighted by Crippen LogP contribution is 2.29. The first-order valence-electron chi connectivity index (χ1n) is 10.6. The van der Waals surface area contributed by atoms with E-state index in [1.807, 2.05) is 42.5 Å². The predicted molar refractivity (Wildman–Crippen MR) is 135 cm³/mol. The van der Waals surface area contributed by atoms with Gasteiger partial charge >= 0.3 is 5.97 Å². The number of carbonyl (C=O) groups is 2. The minimum atomic E-state index is -0.603. The van der Waals surface area contributed by atoms with Crippen LogP contribution in [0.1, 0.15) is 15.9 Å². The Kier molecular flexibility index (Phi) is 7.60. The topological polar surface area (TPSA) is 86.2 Å². The summed E-state index contributed by atoms with van der Waals surface area (Å²) in [6, 6.07) is 25.0. The number of amides is 1. The van der Waals surface area contributed by atoms with Crippen molar-refractivity contribution in [1.82, 2.24) is 5.43 Å². The van der Waals surface area contributed by atoms with Crippen LogP contribution in [0.4, 0.5) is 0 Å². The van der Waals surface area contributed by atoms with Gasteiger partial charge in [-0.05, 0) is 58.8 Å². The lowest BCUT2D eigenvalue weighted by Crippen LogP contribution is -2.24. The van der Waals surface area contributed by atoms with E-state index in [1.165, 1.54) is 13.3 Å². The van der Waals surface area contributed by atoms with Crippen molar-refractivity contribution in [3.63, 3.8) is 0 Å². The fourth-order valence-corrected chi connectivity index (χ4v) is 3.46. The van der Waals surface area contributed by atoms with E-state index in [4.69, 9.17) is 25.8 Å². The van der Waals surface area contributed by atoms with Crippen LogP contribution < -0.4 is 19.6 Å². The monoisotopic (exact) mass is 488 g/mol. The number of methoxy groups -OCH3 is 1. The summed E-state index contributed by atoms with van der Waals surface area (Å²) in [5.74, 6) is 0.123. The van der Waals surface area contributed by atoms with Crippen LogP contribution in [0.2, 0.25) is 5.02 Å². The van der Waals surface area contributed by atoms with Crippen LogP contribution in [-0.4, -0.2) is 31.8 Å². The molecule has 4 rings (SSSR count). The number of hydrazone groups is 1. The summed E-state index contributed by atoms with van der Waals surface area (Å²) >= 11 is 6.05. The Bertz CT molecular complexity index is 1400. The number of hydrogen-bond donors (Lipinski definition) is 1. The largest absolute Gasteiger partial charge is 0.493 e. The summed E-state index contributed by atoms with van der Waals surface area (Å²) in [7, 11) is 1.45. The van der Waals surface area contributed by atoms with Crippen molar-refractivity contribution >= 4 is 40.5 Å². The molecule has 0 saturated carbocycles. The van der Waals surface area contributed by atoms with Gasteiger partial charge in [0.05, 0.1) is 23.9 Å². The summed E-state index contributed by atoms with van der Waals surface area (Å²) < 4.78 is 16.3. The van der Waals surface area contributed by atoms with Crippen LogP contribution >= 0.6 is 11.6 Å². The minimum Gasteiger partial charge on any atom is -0.493 e. The van der Waals surface area contributed by atoms with Crippen LogP contribution in [0, 0.1) is 0 Å². The summed E-state index contributed by atoms with van der Waals surface area (Å²) in [6.07, 6.45) is 1.44. The fraction of sp³-hybridized carbons (Fsp3) is 0.0741. The smallest absolute Gasteiger partial charge is 0.345 e. The maximum atomic E-state index is 12.4. The van der Waals surface area contributed by atoms with E-state index in [-0.39, 0.29) is 17.9 Å². The molecular formula is C27H21ClN2O5. The first-order valence-corrected chi connectivity index (χ1v) is 11.0. The van der Waals surface area contributed by atoms with E-state index in [1.54, 1.807) is 42.5 Å². The highest BCUT2D eigenvalue weighted by molar-refractivity contribution is 6.33. The molecule has 0 fully saturated rings. The molecule has 0 aliphatic carbocycles. The zero-order valence-electron chi connectivity index (χ0n) is 18.7. The summed E-state index contributed by atoms with van der Waals surface area (Å²) in [4.78, 5) is 24.5. The molecule has 176 valence electrons. The average molecular weight is 489 g/mol. The molecule has 0 heterocycles. The second-order valence-electron chi connectivity index (χ2n) is 7.37. The van der Waals surface area contributed by atoms with Crippen molar-refractivity contribution in [3.8, 4) is 17.2 Å². The van der Waals surface area contributed by atoms with Gasteiger partial charge < -0.3 is 14.2 Å². The van der Waals surface area contributed by atoms with E-state index in [0.29, 0.717) is 22.1 Å². The molecule has 0 spiro atoms. The molecule has 4 aromatic carbocycles. The number of fused-ring (bicyclic) bond motifs is 1. The van der Waals surface area contributed by atoms with Crippen molar-refractivity contribution in [1.29, 1.82) is 0 Å². The Morgan fingerprint density at radius 1 is 0.914 bits per heavy atom. The number of ether oxygens (including phenoxy) is 3. The van der Waals surface area contributed by atoms with Gasteiger partial charge in [0, 0.05) is 0 Å². The number of rotatable bonds is 8. The SMILES string of the molecule is COc1cc(/C=N\NC(=O)COc2ccc3ccccc3c2)ccc1OC(=O)c1ccccc1Cl. The number of carbonyl (C=O) groups excluding carboxylic acids is 2. The van der Waals surface area contributed by atoms with Crippen LogP contribution in [0.3, 0.4) is 0 Å². The van der Waals surface area contributed by atoms with Crippen LogP contribution in [0.15, 0.2) is 90.0 Å². The molecule has 0 aromatic heterocycles. The fourth-order valence-electron chi connectivity index (χ4n) is 3.25. The van der Waals surface area contributed by atoms with Gasteiger partial charge in [-0.3, -0.25) is 4.79 Å². The third-order valence-corrected chi connectivity index (χ3v) is 5.31. The lowest BCUT2D eigenvalue weighted by atomic mass is 10.1. The first kappa shape index (κ1) is 23.8. The molecule has 0 radical (unpaired) electrons. The second-order valence-corrected chi connectivity index (χ2v) is 7.78. The van der Waals surface area contributed by atoms with Gasteiger partial charge in [0.2, 0.25) is 0 Å². The molecule has 1 N–H and O–H groups in total. The Hall–Kier alpha value is -4.36. The molecule has 7 nitrogen and oxygen atoms in total. The summed E-state index contributed by atoms with van der Waals surface area (Å²) in [5, 5.41) is 6.35. The number of nitrogens with zero attached hydrogens (tertiary/aromatic N) is 1. The number of esters is 1. The quantitative estimate of drug-likeness (QED) is 0.158. The van der Waals surface area contributed by atoms with Gasteiger partial charge in [0.1, 0.15) is 5.75 Å². The van der Waals surface area contributed by atoms with E-state index in [0.717, 1.165) is 10.8 Å². The van der Waals surface area contributed by atoms with E-state index >= 15 is 0 Å². The highest BCUT2D eigenvalue weighted by Gasteiger charge is 2.15. The van der Waals surface area contributed by atoms with Gasteiger partial charge in [0.15, 0.2) is 18.1 Å². The van der Waals surface area contributed by atoms with E-state index in [2.05, 4.69) is 10.5 Å². The molecule has 35 heavy (non-hydrogen) atoms. The normalized spacial score (nSPS) is 10.8. The van der Waals surface area contributed by atoms with Crippen molar-refractivity contribution in [2.24, 2.45) is 5.10 Å². The predicted octanol–water partition coefficient (Wildman–Crippen LogP) is 5.25. The molecule has 0 unspecified atom stereocenters. The van der Waals surface area contributed by atoms with E-state index in [9.17, 15) is 9.59 Å². The van der Waals surface area contributed by atoms with Crippen molar-refractivity contribution in [2.75, 3.05) is 13.7 Å². The van der Waals surface area contributed by atoms with Crippen LogP contribution in [-0.2, 0) is 4.79 Å². The molecule has 0 saturated heterocycles. The summed E-state index contributed by atoms with van der Waals surface area (Å²) in [6.45, 7) is -0.185. The van der Waals surface area contributed by atoms with Gasteiger partial charge in [-0.1, -0.05) is 54.1 Å². The maximum Gasteiger partial charge on any atom is 0.345 e. The van der Waals surface area contributed by atoms with Crippen molar-refractivity contribution < 1.29 is 23.8 Å². The Labute approximate surface area is 206 Å².